The van der Waals surface area contributed by atoms with Gasteiger partial charge < -0.3 is 9.80 Å². The lowest BCUT2D eigenvalue weighted by molar-refractivity contribution is 0.0532. The van der Waals surface area contributed by atoms with Crippen molar-refractivity contribution in [3.8, 4) is 0 Å². The van der Waals surface area contributed by atoms with Crippen molar-refractivity contribution in [2.75, 3.05) is 30.9 Å². The second-order valence-corrected chi connectivity index (χ2v) is 9.65. The van der Waals surface area contributed by atoms with Crippen molar-refractivity contribution in [3.63, 3.8) is 0 Å². The molecule has 4 rings (SSSR count). The molecule has 1 fully saturated rings. The first kappa shape index (κ1) is 20.9. The van der Waals surface area contributed by atoms with Crippen LogP contribution in [0.4, 0.5) is 5.69 Å². The molecule has 0 spiro atoms. The van der Waals surface area contributed by atoms with Crippen molar-refractivity contribution < 1.29 is 18.0 Å². The van der Waals surface area contributed by atoms with E-state index in [-0.39, 0.29) is 21.7 Å². The summed E-state index contributed by atoms with van der Waals surface area (Å²) in [4.78, 5) is 36.6. The van der Waals surface area contributed by atoms with E-state index in [4.69, 9.17) is 0 Å². The van der Waals surface area contributed by atoms with E-state index in [1.54, 1.807) is 39.4 Å². The summed E-state index contributed by atoms with van der Waals surface area (Å²) in [6, 6.07) is 9.57. The number of nitrogens with one attached hydrogen (secondary N) is 1. The molecule has 0 unspecified atom stereocenters. The topological polar surface area (TPSA) is 113 Å². The molecular weight excluding hydrogens is 438 g/mol. The zero-order chi connectivity index (χ0) is 21.8. The van der Waals surface area contributed by atoms with Crippen LogP contribution in [0.3, 0.4) is 0 Å². The molecule has 160 valence electrons. The molecule has 31 heavy (non-hydrogen) atoms. The summed E-state index contributed by atoms with van der Waals surface area (Å²) in [5.74, 6) is -0.436. The number of carbonyl (C=O) groups is 2. The quantitative estimate of drug-likeness (QED) is 0.627. The van der Waals surface area contributed by atoms with Crippen molar-refractivity contribution in [2.24, 2.45) is 0 Å². The van der Waals surface area contributed by atoms with E-state index in [9.17, 15) is 18.0 Å². The molecule has 0 aliphatic carbocycles. The molecule has 3 heterocycles. The fourth-order valence-corrected chi connectivity index (χ4v) is 5.25. The predicted octanol–water partition coefficient (Wildman–Crippen LogP) is 1.94. The number of aromatic nitrogens is 2. The van der Waals surface area contributed by atoms with Crippen molar-refractivity contribution in [2.45, 2.75) is 4.21 Å². The van der Waals surface area contributed by atoms with Crippen LogP contribution in [0, 0.1) is 0 Å². The minimum absolute atomic E-state index is 0.202. The number of nitrogens with zero attached hydrogens (tertiary/aromatic N) is 4. The highest BCUT2D eigenvalue weighted by Gasteiger charge is 2.26. The lowest BCUT2D eigenvalue weighted by atomic mass is 10.1. The number of sulfonamides is 1. The molecule has 2 amide bonds. The van der Waals surface area contributed by atoms with Gasteiger partial charge in [0, 0.05) is 49.8 Å². The molecule has 1 aliphatic heterocycles. The largest absolute Gasteiger partial charge is 0.335 e. The Morgan fingerprint density at radius 1 is 0.968 bits per heavy atom. The SMILES string of the molecule is O=C(c1cccc(NS(=O)(=O)c2cccs2)c1)N1CCN(C(=O)c2cnccn2)CC1. The minimum atomic E-state index is -3.69. The van der Waals surface area contributed by atoms with Crippen molar-refractivity contribution in [1.29, 1.82) is 0 Å². The molecule has 11 heteroatoms. The van der Waals surface area contributed by atoms with Crippen molar-refractivity contribution in [3.05, 3.63) is 71.6 Å². The first-order valence-corrected chi connectivity index (χ1v) is 11.8. The number of hydrogen-bond donors (Lipinski definition) is 1. The number of thiophene rings is 1. The number of amides is 2. The molecule has 0 saturated carbocycles. The van der Waals surface area contributed by atoms with Crippen LogP contribution in [0.5, 0.6) is 0 Å². The van der Waals surface area contributed by atoms with Gasteiger partial charge in [0.2, 0.25) is 0 Å². The number of carbonyl (C=O) groups excluding carboxylic acids is 2. The van der Waals surface area contributed by atoms with Gasteiger partial charge in [-0.15, -0.1) is 11.3 Å². The fraction of sp³-hybridized carbons (Fsp3) is 0.200. The van der Waals surface area contributed by atoms with Crippen LogP contribution < -0.4 is 4.72 Å². The Morgan fingerprint density at radius 2 is 1.71 bits per heavy atom. The Kier molecular flexibility index (Phi) is 5.96. The van der Waals surface area contributed by atoms with Gasteiger partial charge in [0.1, 0.15) is 9.90 Å². The molecule has 1 aliphatic rings. The second kappa shape index (κ2) is 8.82. The molecule has 0 bridgehead atoms. The van der Waals surface area contributed by atoms with Gasteiger partial charge in [-0.1, -0.05) is 12.1 Å². The average molecular weight is 458 g/mol. The molecule has 0 atom stereocenters. The van der Waals surface area contributed by atoms with Gasteiger partial charge in [0.05, 0.1) is 6.20 Å². The van der Waals surface area contributed by atoms with E-state index < -0.39 is 10.0 Å². The number of anilines is 1. The first-order chi connectivity index (χ1) is 14.9. The summed E-state index contributed by atoms with van der Waals surface area (Å²) in [7, 11) is -3.69. The molecule has 1 aromatic carbocycles. The van der Waals surface area contributed by atoms with E-state index >= 15 is 0 Å². The number of hydrogen-bond acceptors (Lipinski definition) is 7. The van der Waals surface area contributed by atoms with Gasteiger partial charge in [-0.2, -0.15) is 0 Å². The maximum absolute atomic E-state index is 12.9. The van der Waals surface area contributed by atoms with Gasteiger partial charge in [-0.05, 0) is 29.6 Å². The van der Waals surface area contributed by atoms with Crippen molar-refractivity contribution >= 4 is 38.9 Å². The number of rotatable bonds is 5. The van der Waals surface area contributed by atoms with E-state index in [0.29, 0.717) is 37.4 Å². The van der Waals surface area contributed by atoms with Gasteiger partial charge in [0.15, 0.2) is 0 Å². The highest BCUT2D eigenvalue weighted by atomic mass is 32.2. The first-order valence-electron chi connectivity index (χ1n) is 9.45. The van der Waals surface area contributed by atoms with E-state index in [1.165, 1.54) is 30.7 Å². The molecule has 9 nitrogen and oxygen atoms in total. The lowest BCUT2D eigenvalue weighted by Crippen LogP contribution is -2.50. The fourth-order valence-electron chi connectivity index (χ4n) is 3.20. The van der Waals surface area contributed by atoms with Crippen LogP contribution in [0.1, 0.15) is 20.8 Å². The average Bonchev–Trinajstić information content (AvgIpc) is 3.35. The molecule has 2 aromatic heterocycles. The number of piperazine rings is 1. The maximum atomic E-state index is 12.9. The van der Waals surface area contributed by atoms with E-state index in [0.717, 1.165) is 11.3 Å². The van der Waals surface area contributed by atoms with Gasteiger partial charge in [-0.25, -0.2) is 13.4 Å². The zero-order valence-corrected chi connectivity index (χ0v) is 18.0. The highest BCUT2D eigenvalue weighted by Crippen LogP contribution is 2.21. The Hall–Kier alpha value is -3.31. The second-order valence-electron chi connectivity index (χ2n) is 6.79. The Labute approximate surface area is 183 Å². The van der Waals surface area contributed by atoms with Crippen LogP contribution >= 0.6 is 11.3 Å². The van der Waals surface area contributed by atoms with Crippen molar-refractivity contribution in [1.82, 2.24) is 19.8 Å². The monoisotopic (exact) mass is 457 g/mol. The maximum Gasteiger partial charge on any atom is 0.274 e. The Balaban J connectivity index is 1.40. The summed E-state index contributed by atoms with van der Waals surface area (Å²) in [6.45, 7) is 1.50. The Bertz CT molecular complexity index is 1180. The third kappa shape index (κ3) is 4.72. The molecular formula is C20H19N5O4S2. The third-order valence-electron chi connectivity index (χ3n) is 4.76. The van der Waals surface area contributed by atoms with Crippen LogP contribution in [-0.2, 0) is 10.0 Å². The Morgan fingerprint density at radius 3 is 2.35 bits per heavy atom. The molecule has 1 N–H and O–H groups in total. The predicted molar refractivity (Wildman–Crippen MR) is 115 cm³/mol. The lowest BCUT2D eigenvalue weighted by Gasteiger charge is -2.34. The van der Waals surface area contributed by atoms with E-state index in [2.05, 4.69) is 14.7 Å². The normalized spacial score (nSPS) is 14.3. The number of benzene rings is 1. The minimum Gasteiger partial charge on any atom is -0.335 e. The summed E-state index contributed by atoms with van der Waals surface area (Å²) in [6.07, 6.45) is 4.39. The van der Waals surface area contributed by atoms with Gasteiger partial charge in [-0.3, -0.25) is 19.3 Å². The summed E-state index contributed by atoms with van der Waals surface area (Å²) in [5.41, 5.74) is 0.962. The highest BCUT2D eigenvalue weighted by molar-refractivity contribution is 7.94. The summed E-state index contributed by atoms with van der Waals surface area (Å²) < 4.78 is 27.5. The van der Waals surface area contributed by atoms with Crippen LogP contribution in [0.15, 0.2) is 64.6 Å². The smallest absolute Gasteiger partial charge is 0.274 e. The molecule has 1 saturated heterocycles. The van der Waals surface area contributed by atoms with E-state index in [1.807, 2.05) is 0 Å². The van der Waals surface area contributed by atoms with Crippen LogP contribution in [0.25, 0.3) is 0 Å². The van der Waals surface area contributed by atoms with Crippen LogP contribution in [-0.4, -0.2) is 66.2 Å². The van der Waals surface area contributed by atoms with Gasteiger partial charge in [0.25, 0.3) is 21.8 Å². The van der Waals surface area contributed by atoms with Gasteiger partial charge >= 0.3 is 0 Å². The molecule has 0 radical (unpaired) electrons. The summed E-state index contributed by atoms with van der Waals surface area (Å²) >= 11 is 1.12. The standard InChI is InChI=1S/C20H19N5O4S2/c26-19(24-8-10-25(11-9-24)20(27)17-14-21-6-7-22-17)15-3-1-4-16(13-15)23-31(28,29)18-5-2-12-30-18/h1-7,12-14,23H,8-11H2. The molecule has 3 aromatic rings. The van der Waals surface area contributed by atoms with Crippen LogP contribution in [0.2, 0.25) is 0 Å². The summed E-state index contributed by atoms with van der Waals surface area (Å²) in [5, 5.41) is 1.68. The third-order valence-corrected chi connectivity index (χ3v) is 7.54. The zero-order valence-electron chi connectivity index (χ0n) is 16.3.